The van der Waals surface area contributed by atoms with Crippen LogP contribution < -0.4 is 10.6 Å². The third kappa shape index (κ3) is 5.84. The Morgan fingerprint density at radius 2 is 1.56 bits per heavy atom. The van der Waals surface area contributed by atoms with Crippen molar-refractivity contribution in [1.82, 2.24) is 10.6 Å². The van der Waals surface area contributed by atoms with Crippen LogP contribution in [0.1, 0.15) is 35.3 Å². The number of alkyl halides is 3. The van der Waals surface area contributed by atoms with Gasteiger partial charge in [-0.3, -0.25) is 9.59 Å². The molecular weight excluding hydrogens is 357 g/mol. The topological polar surface area (TPSA) is 58.2 Å². The van der Waals surface area contributed by atoms with Crippen molar-refractivity contribution < 1.29 is 22.8 Å². The highest BCUT2D eigenvalue weighted by Gasteiger charge is 2.30. The second kappa shape index (κ2) is 8.70. The lowest BCUT2D eigenvalue weighted by Gasteiger charge is -2.22. The number of carbonyl (C=O) groups is 2. The van der Waals surface area contributed by atoms with E-state index in [0.717, 1.165) is 12.1 Å². The van der Waals surface area contributed by atoms with Crippen LogP contribution in [0.15, 0.2) is 54.6 Å². The minimum absolute atomic E-state index is 0.0708. The van der Waals surface area contributed by atoms with Crippen LogP contribution in [-0.2, 0) is 17.5 Å². The summed E-state index contributed by atoms with van der Waals surface area (Å²) in [6.07, 6.45) is -4.40. The first kappa shape index (κ1) is 20.5. The van der Waals surface area contributed by atoms with Crippen molar-refractivity contribution in [2.45, 2.75) is 32.6 Å². The van der Waals surface area contributed by atoms with E-state index in [1.54, 1.807) is 44.2 Å². The fraction of sp³-hybridized carbons (Fsp3) is 0.300. The maximum absolute atomic E-state index is 12.6. The molecule has 144 valence electrons. The molecule has 0 aliphatic carbocycles. The van der Waals surface area contributed by atoms with E-state index in [1.807, 2.05) is 0 Å². The van der Waals surface area contributed by atoms with Gasteiger partial charge in [-0.25, -0.2) is 0 Å². The molecule has 0 heterocycles. The van der Waals surface area contributed by atoms with E-state index in [2.05, 4.69) is 10.6 Å². The largest absolute Gasteiger partial charge is 0.416 e. The van der Waals surface area contributed by atoms with Gasteiger partial charge in [-0.1, -0.05) is 44.2 Å². The zero-order valence-electron chi connectivity index (χ0n) is 15.0. The van der Waals surface area contributed by atoms with Crippen molar-refractivity contribution in [2.75, 3.05) is 0 Å². The maximum atomic E-state index is 12.6. The molecule has 0 saturated heterocycles. The smallest absolute Gasteiger partial charge is 0.350 e. The van der Waals surface area contributed by atoms with Crippen LogP contribution in [0.2, 0.25) is 0 Å². The van der Waals surface area contributed by atoms with E-state index in [4.69, 9.17) is 0 Å². The Kier molecular flexibility index (Phi) is 6.60. The van der Waals surface area contributed by atoms with Gasteiger partial charge in [0.05, 0.1) is 5.56 Å². The lowest BCUT2D eigenvalue weighted by Crippen LogP contribution is -2.49. The Hall–Kier alpha value is -2.83. The summed E-state index contributed by atoms with van der Waals surface area (Å²) in [4.78, 5) is 24.7. The minimum Gasteiger partial charge on any atom is -0.350 e. The van der Waals surface area contributed by atoms with Gasteiger partial charge in [-0.05, 0) is 35.7 Å². The van der Waals surface area contributed by atoms with Crippen molar-refractivity contribution in [3.63, 3.8) is 0 Å². The van der Waals surface area contributed by atoms with Gasteiger partial charge in [-0.2, -0.15) is 13.2 Å². The number of rotatable bonds is 6. The first-order chi connectivity index (χ1) is 12.7. The van der Waals surface area contributed by atoms with Crippen LogP contribution in [-0.4, -0.2) is 17.9 Å². The number of benzene rings is 2. The molecule has 2 N–H and O–H groups in total. The SMILES string of the molecule is CC(C)[C@H](NC(=O)c1ccccc1)C(=O)NCc1ccc(C(F)(F)F)cc1. The fourth-order valence-corrected chi connectivity index (χ4v) is 2.46. The van der Waals surface area contributed by atoms with Crippen LogP contribution in [0.3, 0.4) is 0 Å². The zero-order chi connectivity index (χ0) is 20.0. The van der Waals surface area contributed by atoms with E-state index in [0.29, 0.717) is 11.1 Å². The molecule has 2 aromatic carbocycles. The van der Waals surface area contributed by atoms with Gasteiger partial charge < -0.3 is 10.6 Å². The molecule has 0 unspecified atom stereocenters. The molecule has 0 saturated carbocycles. The molecule has 0 radical (unpaired) electrons. The molecule has 4 nitrogen and oxygen atoms in total. The van der Waals surface area contributed by atoms with E-state index >= 15 is 0 Å². The average Bonchev–Trinajstić information content (AvgIpc) is 2.64. The van der Waals surface area contributed by atoms with E-state index in [1.165, 1.54) is 12.1 Å². The third-order valence-corrected chi connectivity index (χ3v) is 4.02. The Bertz CT molecular complexity index is 772. The van der Waals surface area contributed by atoms with Gasteiger partial charge in [0, 0.05) is 12.1 Å². The van der Waals surface area contributed by atoms with Gasteiger partial charge >= 0.3 is 6.18 Å². The van der Waals surface area contributed by atoms with Crippen molar-refractivity contribution in [1.29, 1.82) is 0 Å². The van der Waals surface area contributed by atoms with E-state index in [-0.39, 0.29) is 18.4 Å². The molecule has 7 heteroatoms. The van der Waals surface area contributed by atoms with Gasteiger partial charge in [0.1, 0.15) is 6.04 Å². The van der Waals surface area contributed by atoms with Gasteiger partial charge in [0.2, 0.25) is 5.91 Å². The molecule has 0 bridgehead atoms. The highest BCUT2D eigenvalue weighted by molar-refractivity contribution is 5.97. The standard InChI is InChI=1S/C20H21F3N2O2/c1-13(2)17(25-18(26)15-6-4-3-5-7-15)19(27)24-12-14-8-10-16(11-9-14)20(21,22)23/h3-11,13,17H,12H2,1-2H3,(H,24,27)(H,25,26)/t17-/m0/s1. The predicted molar refractivity (Wildman–Crippen MR) is 95.8 cm³/mol. The van der Waals surface area contributed by atoms with Crippen molar-refractivity contribution in [3.05, 3.63) is 71.3 Å². The van der Waals surface area contributed by atoms with Gasteiger partial charge in [0.25, 0.3) is 5.91 Å². The monoisotopic (exact) mass is 378 g/mol. The van der Waals surface area contributed by atoms with Crippen LogP contribution in [0.25, 0.3) is 0 Å². The van der Waals surface area contributed by atoms with Crippen molar-refractivity contribution in [2.24, 2.45) is 5.92 Å². The molecule has 0 spiro atoms. The molecule has 0 aliphatic heterocycles. The van der Waals surface area contributed by atoms with Crippen molar-refractivity contribution >= 4 is 11.8 Å². The van der Waals surface area contributed by atoms with E-state index in [9.17, 15) is 22.8 Å². The van der Waals surface area contributed by atoms with Crippen LogP contribution >= 0.6 is 0 Å². The minimum atomic E-state index is -4.40. The highest BCUT2D eigenvalue weighted by atomic mass is 19.4. The average molecular weight is 378 g/mol. The number of amides is 2. The van der Waals surface area contributed by atoms with Crippen LogP contribution in [0, 0.1) is 5.92 Å². The Labute approximate surface area is 155 Å². The molecule has 2 rings (SSSR count). The second-order valence-corrected chi connectivity index (χ2v) is 6.47. The van der Waals surface area contributed by atoms with Crippen molar-refractivity contribution in [3.8, 4) is 0 Å². The number of hydrogen-bond donors (Lipinski definition) is 2. The van der Waals surface area contributed by atoms with Crippen LogP contribution in [0.4, 0.5) is 13.2 Å². The fourth-order valence-electron chi connectivity index (χ4n) is 2.46. The first-order valence-electron chi connectivity index (χ1n) is 8.48. The summed E-state index contributed by atoms with van der Waals surface area (Å²) in [5.41, 5.74) is 0.236. The summed E-state index contributed by atoms with van der Waals surface area (Å²) >= 11 is 0. The Balaban J connectivity index is 1.98. The quantitative estimate of drug-likeness (QED) is 0.804. The summed E-state index contributed by atoms with van der Waals surface area (Å²) in [5.74, 6) is -0.918. The Morgan fingerprint density at radius 1 is 0.963 bits per heavy atom. The number of nitrogens with one attached hydrogen (secondary N) is 2. The summed E-state index contributed by atoms with van der Waals surface area (Å²) in [7, 11) is 0. The number of carbonyl (C=O) groups excluding carboxylic acids is 2. The molecular formula is C20H21F3N2O2. The van der Waals surface area contributed by atoms with Crippen LogP contribution in [0.5, 0.6) is 0 Å². The second-order valence-electron chi connectivity index (χ2n) is 6.47. The normalized spacial score (nSPS) is 12.5. The highest BCUT2D eigenvalue weighted by Crippen LogP contribution is 2.29. The molecule has 2 amide bonds. The third-order valence-electron chi connectivity index (χ3n) is 4.02. The van der Waals surface area contributed by atoms with Gasteiger partial charge in [0.15, 0.2) is 0 Å². The first-order valence-corrected chi connectivity index (χ1v) is 8.48. The lowest BCUT2D eigenvalue weighted by molar-refractivity contribution is -0.137. The summed E-state index contributed by atoms with van der Waals surface area (Å²) < 4.78 is 37.7. The zero-order valence-corrected chi connectivity index (χ0v) is 15.0. The number of hydrogen-bond acceptors (Lipinski definition) is 2. The van der Waals surface area contributed by atoms with Gasteiger partial charge in [-0.15, -0.1) is 0 Å². The molecule has 0 aliphatic rings. The molecule has 0 aromatic heterocycles. The summed E-state index contributed by atoms with van der Waals surface area (Å²) in [5, 5.41) is 5.36. The van der Waals surface area contributed by atoms with E-state index < -0.39 is 23.7 Å². The Morgan fingerprint density at radius 3 is 2.07 bits per heavy atom. The number of halogens is 3. The molecule has 0 fully saturated rings. The maximum Gasteiger partial charge on any atom is 0.416 e. The predicted octanol–water partition coefficient (Wildman–Crippen LogP) is 3.78. The summed E-state index contributed by atoms with van der Waals surface area (Å²) in [6.45, 7) is 3.67. The summed E-state index contributed by atoms with van der Waals surface area (Å²) in [6, 6.07) is 12.3. The lowest BCUT2D eigenvalue weighted by atomic mass is 10.0. The molecule has 2 aromatic rings. The molecule has 1 atom stereocenters. The molecule has 27 heavy (non-hydrogen) atoms.